The first-order valence-corrected chi connectivity index (χ1v) is 5.85. The number of carbonyl (C=O) groups is 1. The minimum atomic E-state index is -0.783. The zero-order valence-corrected chi connectivity index (χ0v) is 10.6. The van der Waals surface area contributed by atoms with Gasteiger partial charge in [0.25, 0.3) is 0 Å². The standard InChI is InChI=1S/C12H23NO3/c1-8(12(2,3)4)5-11(16)13-6-9(14)10(15)7-13/h8-10,14-15H,5-7H2,1-4H3. The summed E-state index contributed by atoms with van der Waals surface area (Å²) in [6, 6.07) is 0. The van der Waals surface area contributed by atoms with Crippen molar-refractivity contribution in [3.8, 4) is 0 Å². The third-order valence-corrected chi connectivity index (χ3v) is 3.57. The molecule has 1 saturated heterocycles. The fraction of sp³-hybridized carbons (Fsp3) is 0.917. The largest absolute Gasteiger partial charge is 0.388 e. The van der Waals surface area contributed by atoms with Gasteiger partial charge in [-0.25, -0.2) is 0 Å². The summed E-state index contributed by atoms with van der Waals surface area (Å²) in [4.78, 5) is 13.5. The van der Waals surface area contributed by atoms with E-state index in [1.54, 1.807) is 4.90 Å². The van der Waals surface area contributed by atoms with Crippen LogP contribution in [-0.4, -0.2) is 46.3 Å². The maximum absolute atomic E-state index is 11.9. The van der Waals surface area contributed by atoms with Crippen LogP contribution in [0.25, 0.3) is 0 Å². The van der Waals surface area contributed by atoms with Crippen molar-refractivity contribution in [2.75, 3.05) is 13.1 Å². The fourth-order valence-corrected chi connectivity index (χ4v) is 1.67. The van der Waals surface area contributed by atoms with Crippen LogP contribution < -0.4 is 0 Å². The predicted molar refractivity (Wildman–Crippen MR) is 61.8 cm³/mol. The average molecular weight is 229 g/mol. The molecule has 0 aliphatic carbocycles. The third-order valence-electron chi connectivity index (χ3n) is 3.57. The summed E-state index contributed by atoms with van der Waals surface area (Å²) in [7, 11) is 0. The van der Waals surface area contributed by atoms with Crippen molar-refractivity contribution in [1.82, 2.24) is 4.90 Å². The van der Waals surface area contributed by atoms with E-state index >= 15 is 0 Å². The molecule has 0 aromatic rings. The van der Waals surface area contributed by atoms with Crippen LogP contribution in [0.15, 0.2) is 0 Å². The summed E-state index contributed by atoms with van der Waals surface area (Å²) in [5.74, 6) is 0.313. The smallest absolute Gasteiger partial charge is 0.223 e. The molecule has 3 unspecified atom stereocenters. The van der Waals surface area contributed by atoms with E-state index in [2.05, 4.69) is 27.7 Å². The molecule has 94 valence electrons. The van der Waals surface area contributed by atoms with E-state index in [9.17, 15) is 15.0 Å². The Kier molecular flexibility index (Phi) is 3.97. The molecule has 1 aliphatic heterocycles. The number of hydrogen-bond donors (Lipinski definition) is 2. The lowest BCUT2D eigenvalue weighted by Crippen LogP contribution is -2.33. The van der Waals surface area contributed by atoms with Gasteiger partial charge in [-0.3, -0.25) is 4.79 Å². The van der Waals surface area contributed by atoms with Crippen LogP contribution in [0, 0.1) is 11.3 Å². The monoisotopic (exact) mass is 229 g/mol. The normalized spacial score (nSPS) is 28.2. The number of amides is 1. The fourth-order valence-electron chi connectivity index (χ4n) is 1.67. The first-order valence-electron chi connectivity index (χ1n) is 5.85. The Morgan fingerprint density at radius 1 is 1.31 bits per heavy atom. The zero-order valence-electron chi connectivity index (χ0n) is 10.6. The molecular formula is C12H23NO3. The highest BCUT2D eigenvalue weighted by atomic mass is 16.3. The molecule has 4 nitrogen and oxygen atoms in total. The number of aliphatic hydroxyl groups excluding tert-OH is 2. The molecule has 2 N–H and O–H groups in total. The van der Waals surface area contributed by atoms with Gasteiger partial charge in [0.05, 0.1) is 12.2 Å². The van der Waals surface area contributed by atoms with Gasteiger partial charge in [0.15, 0.2) is 0 Å². The molecular weight excluding hydrogens is 206 g/mol. The summed E-state index contributed by atoms with van der Waals surface area (Å²) >= 11 is 0. The maximum Gasteiger partial charge on any atom is 0.223 e. The molecule has 0 bridgehead atoms. The van der Waals surface area contributed by atoms with Gasteiger partial charge in [-0.1, -0.05) is 27.7 Å². The van der Waals surface area contributed by atoms with Crippen molar-refractivity contribution in [2.24, 2.45) is 11.3 Å². The van der Waals surface area contributed by atoms with E-state index < -0.39 is 12.2 Å². The molecule has 4 heteroatoms. The van der Waals surface area contributed by atoms with Gasteiger partial charge in [-0.05, 0) is 11.3 Å². The van der Waals surface area contributed by atoms with Gasteiger partial charge in [0.1, 0.15) is 0 Å². The Morgan fingerprint density at radius 2 is 1.75 bits per heavy atom. The molecule has 0 saturated carbocycles. The summed E-state index contributed by atoms with van der Waals surface area (Å²) in [6.45, 7) is 8.91. The van der Waals surface area contributed by atoms with Gasteiger partial charge in [-0.2, -0.15) is 0 Å². The lowest BCUT2D eigenvalue weighted by Gasteiger charge is -2.28. The van der Waals surface area contributed by atoms with Crippen LogP contribution in [0.5, 0.6) is 0 Å². The highest BCUT2D eigenvalue weighted by molar-refractivity contribution is 5.77. The second-order valence-corrected chi connectivity index (χ2v) is 5.90. The summed E-state index contributed by atoms with van der Waals surface area (Å²) in [5.41, 5.74) is 0.104. The molecule has 16 heavy (non-hydrogen) atoms. The van der Waals surface area contributed by atoms with E-state index in [1.165, 1.54) is 0 Å². The molecule has 1 aliphatic rings. The molecule has 1 fully saturated rings. The Morgan fingerprint density at radius 3 is 2.12 bits per heavy atom. The first-order chi connectivity index (χ1) is 7.21. The highest BCUT2D eigenvalue weighted by Gasteiger charge is 2.34. The van der Waals surface area contributed by atoms with Crippen LogP contribution in [0.2, 0.25) is 0 Å². The molecule has 3 atom stereocenters. The molecule has 0 aromatic heterocycles. The number of β-amino-alcohol motifs (C(OH)–C–C–N with tert-alkyl or cyclic N) is 2. The minimum absolute atomic E-state index is 0.0259. The molecule has 1 amide bonds. The van der Waals surface area contributed by atoms with Crippen molar-refractivity contribution >= 4 is 5.91 Å². The molecule has 0 spiro atoms. The van der Waals surface area contributed by atoms with E-state index in [1.807, 2.05) is 0 Å². The SMILES string of the molecule is CC(CC(=O)N1CC(O)C(O)C1)C(C)(C)C. The Balaban J connectivity index is 2.48. The number of hydrogen-bond acceptors (Lipinski definition) is 3. The predicted octanol–water partition coefficient (Wildman–Crippen LogP) is 0.623. The number of carbonyl (C=O) groups excluding carboxylic acids is 1. The lowest BCUT2D eigenvalue weighted by molar-refractivity contribution is -0.132. The van der Waals surface area contributed by atoms with E-state index in [4.69, 9.17) is 0 Å². The van der Waals surface area contributed by atoms with Crippen molar-refractivity contribution in [3.05, 3.63) is 0 Å². The average Bonchev–Trinajstić information content (AvgIpc) is 2.45. The van der Waals surface area contributed by atoms with Gasteiger partial charge in [0, 0.05) is 19.5 Å². The maximum atomic E-state index is 11.9. The van der Waals surface area contributed by atoms with Crippen molar-refractivity contribution in [1.29, 1.82) is 0 Å². The quantitative estimate of drug-likeness (QED) is 0.730. The lowest BCUT2D eigenvalue weighted by atomic mass is 9.80. The minimum Gasteiger partial charge on any atom is -0.388 e. The van der Waals surface area contributed by atoms with Crippen LogP contribution in [-0.2, 0) is 4.79 Å². The second kappa shape index (κ2) is 4.72. The number of likely N-dealkylation sites (tertiary alicyclic amines) is 1. The van der Waals surface area contributed by atoms with E-state index in [0.717, 1.165) is 0 Å². The van der Waals surface area contributed by atoms with Gasteiger partial charge < -0.3 is 15.1 Å². The van der Waals surface area contributed by atoms with E-state index in [0.29, 0.717) is 6.42 Å². The highest BCUT2D eigenvalue weighted by Crippen LogP contribution is 2.29. The van der Waals surface area contributed by atoms with Crippen LogP contribution >= 0.6 is 0 Å². The van der Waals surface area contributed by atoms with E-state index in [-0.39, 0.29) is 30.3 Å². The first kappa shape index (κ1) is 13.5. The van der Waals surface area contributed by atoms with Gasteiger partial charge >= 0.3 is 0 Å². The summed E-state index contributed by atoms with van der Waals surface area (Å²) < 4.78 is 0. The summed E-state index contributed by atoms with van der Waals surface area (Å²) in [5, 5.41) is 18.7. The zero-order chi connectivity index (χ0) is 12.5. The molecule has 1 heterocycles. The number of nitrogens with zero attached hydrogens (tertiary/aromatic N) is 1. The summed E-state index contributed by atoms with van der Waals surface area (Å²) in [6.07, 6.45) is -1.09. The molecule has 0 aromatic carbocycles. The number of aliphatic hydroxyl groups is 2. The molecule has 1 rings (SSSR count). The molecule has 0 radical (unpaired) electrons. The van der Waals surface area contributed by atoms with Crippen LogP contribution in [0.4, 0.5) is 0 Å². The Bertz CT molecular complexity index is 249. The van der Waals surface area contributed by atoms with Crippen molar-refractivity contribution < 1.29 is 15.0 Å². The van der Waals surface area contributed by atoms with Gasteiger partial charge in [0.2, 0.25) is 5.91 Å². The number of rotatable bonds is 2. The second-order valence-electron chi connectivity index (χ2n) is 5.90. The topological polar surface area (TPSA) is 60.8 Å². The van der Waals surface area contributed by atoms with Crippen molar-refractivity contribution in [3.63, 3.8) is 0 Å². The van der Waals surface area contributed by atoms with Gasteiger partial charge in [-0.15, -0.1) is 0 Å². The van der Waals surface area contributed by atoms with Crippen molar-refractivity contribution in [2.45, 2.75) is 46.3 Å². The Hall–Kier alpha value is -0.610. The Labute approximate surface area is 97.3 Å². The third kappa shape index (κ3) is 3.19. The van der Waals surface area contributed by atoms with Crippen LogP contribution in [0.1, 0.15) is 34.1 Å². The van der Waals surface area contributed by atoms with Crippen LogP contribution in [0.3, 0.4) is 0 Å².